The lowest BCUT2D eigenvalue weighted by molar-refractivity contribution is 0.580. The van der Waals surface area contributed by atoms with Crippen molar-refractivity contribution in [3.05, 3.63) is 57.8 Å². The van der Waals surface area contributed by atoms with Gasteiger partial charge in [0.1, 0.15) is 0 Å². The normalized spacial score (nSPS) is 11.6. The van der Waals surface area contributed by atoms with Gasteiger partial charge in [-0.1, -0.05) is 24.3 Å². The molecule has 0 spiro atoms. The molecule has 0 saturated heterocycles. The molecule has 1 heterocycles. The van der Waals surface area contributed by atoms with Crippen LogP contribution in [0.2, 0.25) is 0 Å². The van der Waals surface area contributed by atoms with E-state index in [1.54, 1.807) is 23.5 Å². The van der Waals surface area contributed by atoms with Crippen LogP contribution in [-0.4, -0.2) is 8.42 Å². The summed E-state index contributed by atoms with van der Waals surface area (Å²) >= 11 is 1.55. The minimum absolute atomic E-state index is 0.0119. The monoisotopic (exact) mass is 296 g/mol. The van der Waals surface area contributed by atoms with E-state index in [2.05, 4.69) is 4.72 Å². The number of rotatable bonds is 6. The molecular weight excluding hydrogens is 280 g/mol. The van der Waals surface area contributed by atoms with E-state index in [0.717, 1.165) is 16.7 Å². The lowest BCUT2D eigenvalue weighted by Gasteiger charge is -2.06. The third-order valence-electron chi connectivity index (χ3n) is 2.69. The third kappa shape index (κ3) is 4.43. The van der Waals surface area contributed by atoms with Crippen LogP contribution >= 0.6 is 11.3 Å². The Bertz CT molecular complexity index is 605. The molecular formula is C13H16N2O2S2. The number of benzene rings is 1. The molecule has 0 aliphatic carbocycles. The molecule has 102 valence electrons. The molecule has 0 radical (unpaired) electrons. The summed E-state index contributed by atoms with van der Waals surface area (Å²) in [5.41, 5.74) is 8.23. The molecule has 3 N–H and O–H groups in total. The maximum atomic E-state index is 11.9. The minimum Gasteiger partial charge on any atom is -0.326 e. The Morgan fingerprint density at radius 1 is 1.05 bits per heavy atom. The molecule has 1 aromatic carbocycles. The SMILES string of the molecule is NCc1ccc(CS(=O)(=O)NCc2ccsc2)cc1. The quantitative estimate of drug-likeness (QED) is 0.854. The van der Waals surface area contributed by atoms with Crippen molar-refractivity contribution in [3.63, 3.8) is 0 Å². The molecule has 2 rings (SSSR count). The van der Waals surface area contributed by atoms with Crippen molar-refractivity contribution in [1.29, 1.82) is 0 Å². The van der Waals surface area contributed by atoms with Gasteiger partial charge < -0.3 is 5.73 Å². The van der Waals surface area contributed by atoms with Crippen molar-refractivity contribution in [2.75, 3.05) is 0 Å². The van der Waals surface area contributed by atoms with E-state index in [0.29, 0.717) is 13.1 Å². The van der Waals surface area contributed by atoms with Gasteiger partial charge in [0.15, 0.2) is 0 Å². The molecule has 0 unspecified atom stereocenters. The number of nitrogens with one attached hydrogen (secondary N) is 1. The van der Waals surface area contributed by atoms with Gasteiger partial charge in [0.2, 0.25) is 10.0 Å². The third-order valence-corrected chi connectivity index (χ3v) is 4.72. The van der Waals surface area contributed by atoms with Crippen LogP contribution in [0.3, 0.4) is 0 Å². The lowest BCUT2D eigenvalue weighted by Crippen LogP contribution is -2.24. The first kappa shape index (κ1) is 14.2. The summed E-state index contributed by atoms with van der Waals surface area (Å²) in [7, 11) is -3.31. The molecule has 1 aromatic heterocycles. The van der Waals surface area contributed by atoms with Gasteiger partial charge in [-0.25, -0.2) is 13.1 Å². The number of sulfonamides is 1. The van der Waals surface area contributed by atoms with E-state index in [-0.39, 0.29) is 5.75 Å². The number of thiophene rings is 1. The fourth-order valence-electron chi connectivity index (χ4n) is 1.63. The second kappa shape index (κ2) is 6.29. The maximum absolute atomic E-state index is 11.9. The summed E-state index contributed by atoms with van der Waals surface area (Å²) in [4.78, 5) is 0. The largest absolute Gasteiger partial charge is 0.326 e. The molecule has 2 aromatic rings. The Labute approximate surface area is 117 Å². The molecule has 4 nitrogen and oxygen atoms in total. The fraction of sp³-hybridized carbons (Fsp3) is 0.231. The Hall–Kier alpha value is -1.21. The summed E-state index contributed by atoms with van der Waals surface area (Å²) in [6.07, 6.45) is 0. The molecule has 6 heteroatoms. The highest BCUT2D eigenvalue weighted by Gasteiger charge is 2.11. The summed E-state index contributed by atoms with van der Waals surface area (Å²) < 4.78 is 26.4. The van der Waals surface area contributed by atoms with Crippen LogP contribution in [0, 0.1) is 0 Å². The molecule has 0 atom stereocenters. The molecule has 0 aliphatic heterocycles. The van der Waals surface area contributed by atoms with Gasteiger partial charge in [-0.3, -0.25) is 0 Å². The molecule has 0 amide bonds. The van der Waals surface area contributed by atoms with Gasteiger partial charge in [-0.15, -0.1) is 0 Å². The van der Waals surface area contributed by atoms with Crippen molar-refractivity contribution in [3.8, 4) is 0 Å². The number of hydrogen-bond acceptors (Lipinski definition) is 4. The Morgan fingerprint density at radius 2 is 1.74 bits per heavy atom. The standard InChI is InChI=1S/C13H16N2O2S2/c14-7-11-1-3-12(4-2-11)10-19(16,17)15-8-13-5-6-18-9-13/h1-6,9,15H,7-8,10,14H2. The van der Waals surface area contributed by atoms with Crippen LogP contribution in [0.15, 0.2) is 41.1 Å². The van der Waals surface area contributed by atoms with E-state index < -0.39 is 10.0 Å². The van der Waals surface area contributed by atoms with Crippen molar-refractivity contribution in [2.45, 2.75) is 18.8 Å². The predicted octanol–water partition coefficient (Wildman–Crippen LogP) is 1.83. The second-order valence-electron chi connectivity index (χ2n) is 4.23. The van der Waals surface area contributed by atoms with E-state index in [4.69, 9.17) is 5.73 Å². The predicted molar refractivity (Wildman–Crippen MR) is 78.1 cm³/mol. The number of hydrogen-bond donors (Lipinski definition) is 2. The molecule has 0 fully saturated rings. The smallest absolute Gasteiger partial charge is 0.216 e. The molecule has 0 bridgehead atoms. The van der Waals surface area contributed by atoms with Gasteiger partial charge in [0.25, 0.3) is 0 Å². The van der Waals surface area contributed by atoms with Crippen molar-refractivity contribution in [1.82, 2.24) is 4.72 Å². The average Bonchev–Trinajstić information content (AvgIpc) is 2.90. The van der Waals surface area contributed by atoms with Crippen molar-refractivity contribution in [2.24, 2.45) is 5.73 Å². The van der Waals surface area contributed by atoms with Crippen molar-refractivity contribution >= 4 is 21.4 Å². The van der Waals surface area contributed by atoms with Gasteiger partial charge in [0.05, 0.1) is 5.75 Å². The van der Waals surface area contributed by atoms with Gasteiger partial charge in [-0.05, 0) is 33.5 Å². The lowest BCUT2D eigenvalue weighted by atomic mass is 10.1. The summed E-state index contributed by atoms with van der Waals surface area (Å²) in [6, 6.07) is 9.20. The van der Waals surface area contributed by atoms with Crippen LogP contribution in [-0.2, 0) is 28.9 Å². The van der Waals surface area contributed by atoms with Crippen LogP contribution in [0.5, 0.6) is 0 Å². The highest BCUT2D eigenvalue weighted by atomic mass is 32.2. The molecule has 19 heavy (non-hydrogen) atoms. The summed E-state index contributed by atoms with van der Waals surface area (Å²) in [5.74, 6) is -0.0119. The topological polar surface area (TPSA) is 72.2 Å². The van der Waals surface area contributed by atoms with Crippen LogP contribution in [0.4, 0.5) is 0 Å². The van der Waals surface area contributed by atoms with E-state index >= 15 is 0 Å². The van der Waals surface area contributed by atoms with Crippen LogP contribution in [0.25, 0.3) is 0 Å². The first-order chi connectivity index (χ1) is 9.09. The first-order valence-electron chi connectivity index (χ1n) is 5.85. The van der Waals surface area contributed by atoms with Crippen LogP contribution < -0.4 is 10.5 Å². The maximum Gasteiger partial charge on any atom is 0.216 e. The zero-order chi connectivity index (χ0) is 13.7. The number of nitrogens with two attached hydrogens (primary N) is 1. The Balaban J connectivity index is 1.96. The fourth-order valence-corrected chi connectivity index (χ4v) is 3.42. The second-order valence-corrected chi connectivity index (χ2v) is 6.82. The highest BCUT2D eigenvalue weighted by Crippen LogP contribution is 2.09. The van der Waals surface area contributed by atoms with Gasteiger partial charge in [-0.2, -0.15) is 11.3 Å². The average molecular weight is 296 g/mol. The van der Waals surface area contributed by atoms with E-state index in [9.17, 15) is 8.42 Å². The molecule has 0 aliphatic rings. The zero-order valence-electron chi connectivity index (χ0n) is 10.4. The summed E-state index contributed by atoms with van der Waals surface area (Å²) in [5, 5.41) is 3.85. The highest BCUT2D eigenvalue weighted by molar-refractivity contribution is 7.88. The Kier molecular flexibility index (Phi) is 4.71. The van der Waals surface area contributed by atoms with E-state index in [1.165, 1.54) is 0 Å². The van der Waals surface area contributed by atoms with Gasteiger partial charge in [0, 0.05) is 13.1 Å². The first-order valence-corrected chi connectivity index (χ1v) is 8.45. The van der Waals surface area contributed by atoms with E-state index in [1.807, 2.05) is 29.0 Å². The summed E-state index contributed by atoms with van der Waals surface area (Å²) in [6.45, 7) is 0.802. The Morgan fingerprint density at radius 3 is 2.32 bits per heavy atom. The van der Waals surface area contributed by atoms with Crippen molar-refractivity contribution < 1.29 is 8.42 Å². The zero-order valence-corrected chi connectivity index (χ0v) is 12.0. The minimum atomic E-state index is -3.31. The van der Waals surface area contributed by atoms with Gasteiger partial charge >= 0.3 is 0 Å². The van der Waals surface area contributed by atoms with Crippen LogP contribution in [0.1, 0.15) is 16.7 Å². The molecule has 0 saturated carbocycles.